The number of carbonyl (C=O) groups is 1. The van der Waals surface area contributed by atoms with Gasteiger partial charge in [0.15, 0.2) is 5.69 Å². The highest BCUT2D eigenvalue weighted by molar-refractivity contribution is 7.99. The molecule has 172 valence electrons. The van der Waals surface area contributed by atoms with Crippen molar-refractivity contribution < 1.29 is 4.79 Å². The van der Waals surface area contributed by atoms with E-state index in [0.717, 1.165) is 75.9 Å². The van der Waals surface area contributed by atoms with Gasteiger partial charge >= 0.3 is 0 Å². The Bertz CT molecular complexity index is 959. The number of hydrogen-bond acceptors (Lipinski definition) is 5. The summed E-state index contributed by atoms with van der Waals surface area (Å²) < 4.78 is 1.97. The molecule has 0 N–H and O–H groups in total. The first-order valence-electron chi connectivity index (χ1n) is 12.0. The molecule has 2 aromatic rings. The van der Waals surface area contributed by atoms with Crippen molar-refractivity contribution in [2.45, 2.75) is 38.8 Å². The van der Waals surface area contributed by atoms with Gasteiger partial charge in [0, 0.05) is 81.7 Å². The number of nitrogens with zero attached hydrogens (tertiary/aromatic N) is 5. The number of hydrogen-bond donors (Lipinski definition) is 0. The summed E-state index contributed by atoms with van der Waals surface area (Å²) in [6, 6.07) is 9.40. The quantitative estimate of drug-likeness (QED) is 0.712. The third kappa shape index (κ3) is 4.61. The minimum Gasteiger partial charge on any atom is -0.336 e. The highest BCUT2D eigenvalue weighted by Crippen LogP contribution is 2.29. The number of fused-ring (bicyclic) bond motifs is 1. The topological polar surface area (TPSA) is 44.6 Å². The van der Waals surface area contributed by atoms with Gasteiger partial charge in [-0.3, -0.25) is 19.3 Å². The monoisotopic (exact) mass is 453 g/mol. The average Bonchev–Trinajstić information content (AvgIpc) is 3.15. The van der Waals surface area contributed by atoms with Crippen LogP contribution in [0.2, 0.25) is 0 Å². The van der Waals surface area contributed by atoms with Crippen LogP contribution in [0.3, 0.4) is 0 Å². The minimum absolute atomic E-state index is 0.144. The average molecular weight is 454 g/mol. The maximum Gasteiger partial charge on any atom is 0.274 e. The van der Waals surface area contributed by atoms with Gasteiger partial charge in [-0.1, -0.05) is 29.8 Å². The molecular formula is C25H35N5OS. The fraction of sp³-hybridized carbons (Fsp3) is 0.600. The van der Waals surface area contributed by atoms with Crippen LogP contribution in [0.5, 0.6) is 0 Å². The summed E-state index contributed by atoms with van der Waals surface area (Å²) in [6.45, 7) is 9.35. The predicted molar refractivity (Wildman–Crippen MR) is 130 cm³/mol. The highest BCUT2D eigenvalue weighted by atomic mass is 32.2. The lowest BCUT2D eigenvalue weighted by Gasteiger charge is -2.41. The van der Waals surface area contributed by atoms with Gasteiger partial charge in [-0.05, 0) is 31.7 Å². The molecule has 1 unspecified atom stereocenters. The third-order valence-electron chi connectivity index (χ3n) is 7.34. The van der Waals surface area contributed by atoms with Crippen molar-refractivity contribution in [2.24, 2.45) is 7.05 Å². The fourth-order valence-corrected chi connectivity index (χ4v) is 6.43. The van der Waals surface area contributed by atoms with Crippen LogP contribution in [0.1, 0.15) is 39.3 Å². The van der Waals surface area contributed by atoms with Crippen LogP contribution in [0, 0.1) is 6.92 Å². The van der Waals surface area contributed by atoms with Gasteiger partial charge in [0.1, 0.15) is 0 Å². The molecule has 2 aliphatic heterocycles. The molecule has 0 saturated carbocycles. The van der Waals surface area contributed by atoms with Crippen molar-refractivity contribution in [3.8, 4) is 0 Å². The van der Waals surface area contributed by atoms with Gasteiger partial charge in [0.05, 0.1) is 0 Å². The van der Waals surface area contributed by atoms with Gasteiger partial charge in [-0.2, -0.15) is 16.9 Å². The molecule has 0 bridgehead atoms. The predicted octanol–water partition coefficient (Wildman–Crippen LogP) is 2.59. The van der Waals surface area contributed by atoms with E-state index in [2.05, 4.69) is 41.0 Å². The number of aryl methyl sites for hydroxylation is 2. The Hall–Kier alpha value is -1.83. The largest absolute Gasteiger partial charge is 0.336 e. The second kappa shape index (κ2) is 9.57. The Kier molecular flexibility index (Phi) is 6.58. The number of amides is 1. The maximum atomic E-state index is 13.2. The van der Waals surface area contributed by atoms with E-state index in [0.29, 0.717) is 6.04 Å². The molecule has 2 fully saturated rings. The number of rotatable bonds is 4. The van der Waals surface area contributed by atoms with Crippen molar-refractivity contribution >= 4 is 17.7 Å². The number of piperazine rings is 1. The summed E-state index contributed by atoms with van der Waals surface area (Å²) in [5.74, 6) is 2.22. The number of benzene rings is 1. The number of aromatic nitrogens is 2. The van der Waals surface area contributed by atoms with Crippen LogP contribution in [-0.2, 0) is 26.4 Å². The number of thioether (sulfide) groups is 1. The number of carbonyl (C=O) groups excluding carboxylic acids is 1. The Morgan fingerprint density at radius 2 is 1.91 bits per heavy atom. The molecule has 1 atom stereocenters. The van der Waals surface area contributed by atoms with E-state index in [1.807, 2.05) is 28.4 Å². The lowest BCUT2D eigenvalue weighted by atomic mass is 9.89. The van der Waals surface area contributed by atoms with Gasteiger partial charge in [-0.25, -0.2) is 0 Å². The van der Waals surface area contributed by atoms with E-state index in [1.54, 1.807) is 0 Å². The smallest absolute Gasteiger partial charge is 0.274 e. The van der Waals surface area contributed by atoms with E-state index >= 15 is 0 Å². The van der Waals surface area contributed by atoms with Crippen LogP contribution in [0.15, 0.2) is 24.3 Å². The molecule has 3 heterocycles. The fourth-order valence-electron chi connectivity index (χ4n) is 5.53. The minimum atomic E-state index is 0.144. The standard InChI is InChI=1S/C25H35N5OS/c1-19-4-3-5-20(16-19)18-28-8-10-29(11-9-28)21-6-7-23-22(17-21)24(26-27(23)2)25(31)30-12-14-32-15-13-30/h3-5,16,21H,6-15,17-18H2,1-2H3. The van der Waals surface area contributed by atoms with Crippen molar-refractivity contribution in [1.82, 2.24) is 24.5 Å². The molecule has 32 heavy (non-hydrogen) atoms. The molecule has 0 radical (unpaired) electrons. The zero-order valence-corrected chi connectivity index (χ0v) is 20.2. The van der Waals surface area contributed by atoms with Crippen molar-refractivity contribution in [1.29, 1.82) is 0 Å². The lowest BCUT2D eigenvalue weighted by molar-refractivity contribution is 0.0758. The molecule has 6 nitrogen and oxygen atoms in total. The lowest BCUT2D eigenvalue weighted by Crippen LogP contribution is -2.51. The van der Waals surface area contributed by atoms with E-state index < -0.39 is 0 Å². The van der Waals surface area contributed by atoms with E-state index in [9.17, 15) is 4.79 Å². The maximum absolute atomic E-state index is 13.2. The molecule has 1 aromatic heterocycles. The SMILES string of the molecule is Cc1cccc(CN2CCN(C3CCc4c(c(C(=O)N5CCSCC5)nn4C)C3)CC2)c1. The normalized spacial score (nSPS) is 22.7. The van der Waals surface area contributed by atoms with Gasteiger partial charge < -0.3 is 4.90 Å². The zero-order valence-electron chi connectivity index (χ0n) is 19.4. The van der Waals surface area contributed by atoms with Gasteiger partial charge in [0.25, 0.3) is 5.91 Å². The van der Waals surface area contributed by atoms with Gasteiger partial charge in [0.2, 0.25) is 0 Å². The molecule has 0 spiro atoms. The first-order chi connectivity index (χ1) is 15.6. The van der Waals surface area contributed by atoms with Crippen molar-refractivity contribution in [3.05, 3.63) is 52.3 Å². The second-order valence-electron chi connectivity index (χ2n) is 9.50. The third-order valence-corrected chi connectivity index (χ3v) is 8.28. The summed E-state index contributed by atoms with van der Waals surface area (Å²) >= 11 is 1.94. The Balaban J connectivity index is 1.22. The molecule has 1 amide bonds. The molecule has 2 saturated heterocycles. The first kappa shape index (κ1) is 22.0. The molecule has 1 aliphatic carbocycles. The Labute approximate surface area is 195 Å². The van der Waals surface area contributed by atoms with Gasteiger partial charge in [-0.15, -0.1) is 0 Å². The molecule has 7 heteroatoms. The zero-order chi connectivity index (χ0) is 22.1. The van der Waals surface area contributed by atoms with Crippen LogP contribution < -0.4 is 0 Å². The van der Waals surface area contributed by atoms with Crippen LogP contribution in [0.4, 0.5) is 0 Å². The van der Waals surface area contributed by atoms with E-state index in [-0.39, 0.29) is 5.91 Å². The van der Waals surface area contributed by atoms with E-state index in [1.165, 1.54) is 28.8 Å². The van der Waals surface area contributed by atoms with Crippen molar-refractivity contribution in [3.63, 3.8) is 0 Å². The molecule has 5 rings (SSSR count). The van der Waals surface area contributed by atoms with E-state index in [4.69, 9.17) is 5.10 Å². The molecule has 3 aliphatic rings. The highest BCUT2D eigenvalue weighted by Gasteiger charge is 2.34. The van der Waals surface area contributed by atoms with Crippen molar-refractivity contribution in [2.75, 3.05) is 50.8 Å². The molecular weight excluding hydrogens is 418 g/mol. The summed E-state index contributed by atoms with van der Waals surface area (Å²) in [5.41, 5.74) is 5.96. The van der Waals surface area contributed by atoms with Crippen LogP contribution in [0.25, 0.3) is 0 Å². The van der Waals surface area contributed by atoms with Crippen LogP contribution in [-0.4, -0.2) is 87.2 Å². The second-order valence-corrected chi connectivity index (χ2v) is 10.7. The summed E-state index contributed by atoms with van der Waals surface area (Å²) in [6.07, 6.45) is 3.15. The Morgan fingerprint density at radius 1 is 1.12 bits per heavy atom. The summed E-state index contributed by atoms with van der Waals surface area (Å²) in [5, 5.41) is 4.70. The summed E-state index contributed by atoms with van der Waals surface area (Å²) in [4.78, 5) is 20.5. The van der Waals surface area contributed by atoms with Crippen LogP contribution >= 0.6 is 11.8 Å². The molecule has 1 aromatic carbocycles. The Morgan fingerprint density at radius 3 is 2.66 bits per heavy atom. The first-order valence-corrected chi connectivity index (χ1v) is 13.2. The summed E-state index contributed by atoms with van der Waals surface area (Å²) in [7, 11) is 2.01.